The zero-order valence-corrected chi connectivity index (χ0v) is 13.3. The summed E-state index contributed by atoms with van der Waals surface area (Å²) in [5, 5.41) is 9.42. The molecule has 3 heteroatoms. The molecule has 0 amide bonds. The number of benzene rings is 3. The van der Waals surface area contributed by atoms with Gasteiger partial charge in [-0.2, -0.15) is 12.6 Å². The minimum Gasteiger partial charge on any atom is -0.478 e. The average molecular weight is 320 g/mol. The van der Waals surface area contributed by atoms with Gasteiger partial charge in [0.2, 0.25) is 0 Å². The first-order valence-corrected chi connectivity index (χ1v) is 7.96. The Balaban J connectivity index is 2.25. The summed E-state index contributed by atoms with van der Waals surface area (Å²) in [5.74, 6) is -0.547. The van der Waals surface area contributed by atoms with E-state index in [0.29, 0.717) is 11.3 Å². The van der Waals surface area contributed by atoms with E-state index in [0.717, 1.165) is 27.8 Å². The minimum atomic E-state index is -0.923. The van der Waals surface area contributed by atoms with Gasteiger partial charge in [-0.1, -0.05) is 66.7 Å². The lowest BCUT2D eigenvalue weighted by Crippen LogP contribution is -2.03. The van der Waals surface area contributed by atoms with Crippen LogP contribution in [-0.4, -0.2) is 11.1 Å². The number of aromatic carboxylic acids is 1. The molecule has 3 aromatic rings. The molecule has 3 rings (SSSR count). The summed E-state index contributed by atoms with van der Waals surface area (Å²) in [6, 6.07) is 23.5. The maximum absolute atomic E-state index is 11.5. The molecule has 0 saturated heterocycles. The smallest absolute Gasteiger partial charge is 0.336 e. The predicted molar refractivity (Wildman–Crippen MR) is 97.0 cm³/mol. The quantitative estimate of drug-likeness (QED) is 0.652. The fraction of sp³-hybridized carbons (Fsp3) is 0.0500. The van der Waals surface area contributed by atoms with Crippen LogP contribution < -0.4 is 0 Å². The summed E-state index contributed by atoms with van der Waals surface area (Å²) >= 11 is 4.35. The first-order chi connectivity index (χ1) is 11.2. The van der Waals surface area contributed by atoms with Gasteiger partial charge in [-0.3, -0.25) is 0 Å². The molecule has 0 bridgehead atoms. The van der Waals surface area contributed by atoms with Gasteiger partial charge in [-0.25, -0.2) is 4.79 Å². The van der Waals surface area contributed by atoms with E-state index in [-0.39, 0.29) is 0 Å². The van der Waals surface area contributed by atoms with E-state index >= 15 is 0 Å². The van der Waals surface area contributed by atoms with Crippen molar-refractivity contribution in [2.24, 2.45) is 0 Å². The average Bonchev–Trinajstić information content (AvgIpc) is 2.61. The van der Waals surface area contributed by atoms with Crippen LogP contribution >= 0.6 is 12.6 Å². The van der Waals surface area contributed by atoms with E-state index in [1.807, 2.05) is 42.5 Å². The highest BCUT2D eigenvalue weighted by Crippen LogP contribution is 2.35. The second kappa shape index (κ2) is 6.71. The van der Waals surface area contributed by atoms with Gasteiger partial charge in [0.05, 0.1) is 5.56 Å². The van der Waals surface area contributed by atoms with Crippen LogP contribution in [0.1, 0.15) is 15.9 Å². The first kappa shape index (κ1) is 15.4. The Labute approximate surface area is 140 Å². The molecule has 0 spiro atoms. The monoisotopic (exact) mass is 320 g/mol. The number of hydrogen-bond donors (Lipinski definition) is 2. The number of thiol groups is 1. The minimum absolute atomic E-state index is 0.306. The van der Waals surface area contributed by atoms with E-state index in [9.17, 15) is 9.90 Å². The van der Waals surface area contributed by atoms with Crippen LogP contribution in [0.2, 0.25) is 0 Å². The zero-order chi connectivity index (χ0) is 16.2. The van der Waals surface area contributed by atoms with Crippen molar-refractivity contribution in [3.05, 3.63) is 83.9 Å². The van der Waals surface area contributed by atoms with Crippen LogP contribution in [0.3, 0.4) is 0 Å². The van der Waals surface area contributed by atoms with Crippen LogP contribution in [0.4, 0.5) is 0 Å². The lowest BCUT2D eigenvalue weighted by molar-refractivity contribution is 0.0696. The summed E-state index contributed by atoms with van der Waals surface area (Å²) in [7, 11) is 0. The van der Waals surface area contributed by atoms with Gasteiger partial charge in [0.15, 0.2) is 0 Å². The summed E-state index contributed by atoms with van der Waals surface area (Å²) in [6.45, 7) is 0. The molecule has 0 aliphatic carbocycles. The van der Waals surface area contributed by atoms with Crippen molar-refractivity contribution in [3.8, 4) is 22.3 Å². The van der Waals surface area contributed by atoms with E-state index in [1.54, 1.807) is 12.1 Å². The van der Waals surface area contributed by atoms with Crippen molar-refractivity contribution in [2.75, 3.05) is 0 Å². The van der Waals surface area contributed by atoms with Gasteiger partial charge < -0.3 is 5.11 Å². The molecule has 0 aromatic heterocycles. The molecule has 0 atom stereocenters. The number of carbonyl (C=O) groups is 1. The second-order valence-electron chi connectivity index (χ2n) is 5.21. The lowest BCUT2D eigenvalue weighted by atomic mass is 9.90. The lowest BCUT2D eigenvalue weighted by Gasteiger charge is -2.15. The highest BCUT2D eigenvalue weighted by Gasteiger charge is 2.16. The molecular weight excluding hydrogens is 304 g/mol. The van der Waals surface area contributed by atoms with Crippen molar-refractivity contribution in [1.82, 2.24) is 0 Å². The molecular formula is C20H16O2S. The number of carboxylic acids is 1. The Morgan fingerprint density at radius 1 is 0.783 bits per heavy atom. The van der Waals surface area contributed by atoms with E-state index in [1.165, 1.54) is 0 Å². The molecule has 0 fully saturated rings. The van der Waals surface area contributed by atoms with Crippen molar-refractivity contribution < 1.29 is 9.90 Å². The Morgan fingerprint density at radius 2 is 1.39 bits per heavy atom. The van der Waals surface area contributed by atoms with E-state index < -0.39 is 5.97 Å². The van der Waals surface area contributed by atoms with Crippen LogP contribution in [0.5, 0.6) is 0 Å². The van der Waals surface area contributed by atoms with Gasteiger partial charge >= 0.3 is 5.97 Å². The van der Waals surface area contributed by atoms with Gasteiger partial charge in [-0.05, 0) is 33.9 Å². The third-order valence-electron chi connectivity index (χ3n) is 3.87. The van der Waals surface area contributed by atoms with Crippen LogP contribution in [0.15, 0.2) is 72.8 Å². The molecule has 0 unspecified atom stereocenters. The molecule has 0 saturated carbocycles. The Morgan fingerprint density at radius 3 is 2.04 bits per heavy atom. The van der Waals surface area contributed by atoms with Gasteiger partial charge in [0.25, 0.3) is 0 Å². The molecule has 3 aromatic carbocycles. The first-order valence-electron chi connectivity index (χ1n) is 7.33. The third kappa shape index (κ3) is 3.01. The van der Waals surface area contributed by atoms with E-state index in [4.69, 9.17) is 0 Å². The Hall–Kier alpha value is -2.52. The molecule has 114 valence electrons. The van der Waals surface area contributed by atoms with E-state index in [2.05, 4.69) is 30.8 Å². The zero-order valence-electron chi connectivity index (χ0n) is 12.4. The van der Waals surface area contributed by atoms with Crippen LogP contribution in [-0.2, 0) is 5.75 Å². The Bertz CT molecular complexity index is 841. The molecule has 0 aliphatic heterocycles. The normalized spacial score (nSPS) is 10.5. The summed E-state index contributed by atoms with van der Waals surface area (Å²) in [6.07, 6.45) is 0. The standard InChI is InChI=1S/C20H16O2S/c21-20(22)18-12-6-11-17(19(18)13-23)16-10-5-4-9-15(16)14-7-2-1-3-8-14/h1-12,23H,13H2,(H,21,22). The largest absolute Gasteiger partial charge is 0.478 e. The van der Waals surface area contributed by atoms with Crippen LogP contribution in [0.25, 0.3) is 22.3 Å². The fourth-order valence-corrected chi connectivity index (χ4v) is 3.14. The number of carboxylic acid groups (broad SMARTS) is 1. The van der Waals surface area contributed by atoms with Crippen molar-refractivity contribution >= 4 is 18.6 Å². The Kier molecular flexibility index (Phi) is 4.49. The van der Waals surface area contributed by atoms with Gasteiger partial charge in [-0.15, -0.1) is 0 Å². The fourth-order valence-electron chi connectivity index (χ4n) is 2.80. The maximum atomic E-state index is 11.5. The van der Waals surface area contributed by atoms with Gasteiger partial charge in [0, 0.05) is 5.75 Å². The molecule has 0 radical (unpaired) electrons. The van der Waals surface area contributed by atoms with Crippen molar-refractivity contribution in [3.63, 3.8) is 0 Å². The highest BCUT2D eigenvalue weighted by atomic mass is 32.1. The molecule has 0 aliphatic rings. The molecule has 1 N–H and O–H groups in total. The summed E-state index contributed by atoms with van der Waals surface area (Å²) < 4.78 is 0. The van der Waals surface area contributed by atoms with Crippen molar-refractivity contribution in [1.29, 1.82) is 0 Å². The molecule has 2 nitrogen and oxygen atoms in total. The molecule has 23 heavy (non-hydrogen) atoms. The summed E-state index contributed by atoms with van der Waals surface area (Å²) in [5.41, 5.74) is 5.17. The number of hydrogen-bond acceptors (Lipinski definition) is 2. The van der Waals surface area contributed by atoms with Crippen molar-refractivity contribution in [2.45, 2.75) is 5.75 Å². The van der Waals surface area contributed by atoms with Gasteiger partial charge in [0.1, 0.15) is 0 Å². The third-order valence-corrected chi connectivity index (χ3v) is 4.18. The predicted octanol–water partition coefficient (Wildman–Crippen LogP) is 5.15. The number of rotatable bonds is 4. The molecule has 0 heterocycles. The second-order valence-corrected chi connectivity index (χ2v) is 5.52. The van der Waals surface area contributed by atoms with Crippen LogP contribution in [0, 0.1) is 0 Å². The highest BCUT2D eigenvalue weighted by molar-refractivity contribution is 7.79. The summed E-state index contributed by atoms with van der Waals surface area (Å²) in [4.78, 5) is 11.5. The SMILES string of the molecule is O=C(O)c1cccc(-c2ccccc2-c2ccccc2)c1CS. The maximum Gasteiger partial charge on any atom is 0.336 e. The topological polar surface area (TPSA) is 37.3 Å².